The van der Waals surface area contributed by atoms with Crippen molar-refractivity contribution in [3.8, 4) is 5.75 Å². The van der Waals surface area contributed by atoms with Crippen molar-refractivity contribution >= 4 is 0 Å². The molecule has 19 heavy (non-hydrogen) atoms. The van der Waals surface area contributed by atoms with Crippen molar-refractivity contribution in [3.05, 3.63) is 29.3 Å². The van der Waals surface area contributed by atoms with Gasteiger partial charge in [0.15, 0.2) is 0 Å². The van der Waals surface area contributed by atoms with E-state index in [1.807, 2.05) is 31.9 Å². The van der Waals surface area contributed by atoms with Gasteiger partial charge in [0.1, 0.15) is 5.75 Å². The molecule has 0 saturated carbocycles. The third-order valence-corrected chi connectivity index (χ3v) is 3.05. The highest BCUT2D eigenvalue weighted by molar-refractivity contribution is 5.36. The van der Waals surface area contributed by atoms with Gasteiger partial charge in [-0.2, -0.15) is 0 Å². The molecule has 1 atom stereocenters. The molecule has 108 valence electrons. The first-order valence-electron chi connectivity index (χ1n) is 6.76. The van der Waals surface area contributed by atoms with Gasteiger partial charge in [0, 0.05) is 13.1 Å². The third-order valence-electron chi connectivity index (χ3n) is 3.05. The second-order valence-corrected chi connectivity index (χ2v) is 4.88. The molecule has 2 N–H and O–H groups in total. The van der Waals surface area contributed by atoms with E-state index in [9.17, 15) is 5.11 Å². The van der Waals surface area contributed by atoms with Gasteiger partial charge in [-0.3, -0.25) is 0 Å². The number of hydrogen-bond acceptors (Lipinski definition) is 4. The summed E-state index contributed by atoms with van der Waals surface area (Å²) in [4.78, 5) is 2.02. The molecule has 0 aliphatic carbocycles. The molecule has 0 aromatic heterocycles. The summed E-state index contributed by atoms with van der Waals surface area (Å²) in [7, 11) is 1.94. The summed E-state index contributed by atoms with van der Waals surface area (Å²) < 4.78 is 5.51. The van der Waals surface area contributed by atoms with Crippen LogP contribution in [0.3, 0.4) is 0 Å². The zero-order valence-corrected chi connectivity index (χ0v) is 12.1. The molecule has 0 saturated heterocycles. The molecular weight excluding hydrogens is 242 g/mol. The second-order valence-electron chi connectivity index (χ2n) is 4.88. The van der Waals surface area contributed by atoms with E-state index < -0.39 is 6.10 Å². The smallest absolute Gasteiger partial charge is 0.122 e. The zero-order chi connectivity index (χ0) is 14.3. The van der Waals surface area contributed by atoms with E-state index in [0.29, 0.717) is 13.2 Å². The van der Waals surface area contributed by atoms with Gasteiger partial charge in [-0.05, 0) is 44.5 Å². The molecule has 1 aromatic rings. The average molecular weight is 267 g/mol. The average Bonchev–Trinajstić information content (AvgIpc) is 2.39. The molecule has 1 aromatic carbocycles. The normalized spacial score (nSPS) is 12.7. The number of aryl methyl sites for hydroxylation is 1. The summed E-state index contributed by atoms with van der Waals surface area (Å²) in [6.45, 7) is 5.87. The minimum atomic E-state index is -0.660. The van der Waals surface area contributed by atoms with Gasteiger partial charge in [-0.15, -0.1) is 0 Å². The van der Waals surface area contributed by atoms with Crippen LogP contribution in [0.15, 0.2) is 18.2 Å². The standard InChI is InChI=1S/C15H25NO3/c1-4-19-15-6-5-13(9-12(15)2)7-8-16(3)10-14(18)11-17/h5-6,9,14,17-18H,4,7-8,10-11H2,1-3H3. The Hall–Kier alpha value is -1.10. The van der Waals surface area contributed by atoms with E-state index in [1.54, 1.807) is 0 Å². The minimum absolute atomic E-state index is 0.188. The zero-order valence-electron chi connectivity index (χ0n) is 12.1. The number of aliphatic hydroxyl groups excluding tert-OH is 2. The highest BCUT2D eigenvalue weighted by Crippen LogP contribution is 2.19. The molecule has 0 aliphatic heterocycles. The second kappa shape index (κ2) is 8.15. The molecule has 1 rings (SSSR count). The Kier molecular flexibility index (Phi) is 6.84. The molecular formula is C15H25NO3. The Bertz CT molecular complexity index is 382. The van der Waals surface area contributed by atoms with Crippen LogP contribution in [0, 0.1) is 6.92 Å². The van der Waals surface area contributed by atoms with Gasteiger partial charge >= 0.3 is 0 Å². The van der Waals surface area contributed by atoms with Crippen molar-refractivity contribution in [1.29, 1.82) is 0 Å². The molecule has 0 aliphatic rings. The number of aliphatic hydroxyl groups is 2. The monoisotopic (exact) mass is 267 g/mol. The van der Waals surface area contributed by atoms with Gasteiger partial charge in [0.25, 0.3) is 0 Å². The highest BCUT2D eigenvalue weighted by Gasteiger charge is 2.07. The van der Waals surface area contributed by atoms with E-state index in [0.717, 1.165) is 24.3 Å². The Morgan fingerprint density at radius 2 is 2.11 bits per heavy atom. The summed E-state index contributed by atoms with van der Waals surface area (Å²) in [5.74, 6) is 0.940. The lowest BCUT2D eigenvalue weighted by Crippen LogP contribution is -2.32. The van der Waals surface area contributed by atoms with Crippen molar-refractivity contribution in [2.45, 2.75) is 26.4 Å². The lowest BCUT2D eigenvalue weighted by atomic mass is 10.1. The minimum Gasteiger partial charge on any atom is -0.494 e. The van der Waals surface area contributed by atoms with Crippen LogP contribution in [0.2, 0.25) is 0 Å². The Balaban J connectivity index is 2.47. The first kappa shape index (κ1) is 16.0. The highest BCUT2D eigenvalue weighted by atomic mass is 16.5. The van der Waals surface area contributed by atoms with Crippen molar-refractivity contribution in [1.82, 2.24) is 4.90 Å². The van der Waals surface area contributed by atoms with Gasteiger partial charge < -0.3 is 19.8 Å². The molecule has 1 unspecified atom stereocenters. The number of ether oxygens (including phenoxy) is 1. The molecule has 0 spiro atoms. The predicted octanol–water partition coefficient (Wildman–Crippen LogP) is 1.22. The lowest BCUT2D eigenvalue weighted by molar-refractivity contribution is 0.0669. The van der Waals surface area contributed by atoms with Crippen molar-refractivity contribution in [3.63, 3.8) is 0 Å². The fourth-order valence-corrected chi connectivity index (χ4v) is 2.01. The Morgan fingerprint density at radius 1 is 1.37 bits per heavy atom. The summed E-state index contributed by atoms with van der Waals surface area (Å²) in [5, 5.41) is 18.2. The Labute approximate surface area is 115 Å². The summed E-state index contributed by atoms with van der Waals surface area (Å²) in [6.07, 6.45) is 0.258. The predicted molar refractivity (Wildman–Crippen MR) is 76.6 cm³/mol. The van der Waals surface area contributed by atoms with Crippen molar-refractivity contribution in [2.24, 2.45) is 0 Å². The van der Waals surface area contributed by atoms with Crippen LogP contribution < -0.4 is 4.74 Å². The van der Waals surface area contributed by atoms with Crippen molar-refractivity contribution < 1.29 is 14.9 Å². The fourth-order valence-electron chi connectivity index (χ4n) is 2.01. The quantitative estimate of drug-likeness (QED) is 0.743. The van der Waals surface area contributed by atoms with Gasteiger partial charge in [0.2, 0.25) is 0 Å². The maximum atomic E-state index is 9.36. The van der Waals surface area contributed by atoms with Crippen LogP contribution in [-0.2, 0) is 6.42 Å². The maximum Gasteiger partial charge on any atom is 0.122 e. The molecule has 4 nitrogen and oxygen atoms in total. The third kappa shape index (κ3) is 5.59. The van der Waals surface area contributed by atoms with E-state index in [1.165, 1.54) is 5.56 Å². The summed E-state index contributed by atoms with van der Waals surface area (Å²) in [5.41, 5.74) is 2.41. The largest absolute Gasteiger partial charge is 0.494 e. The maximum absolute atomic E-state index is 9.36. The van der Waals surface area contributed by atoms with Crippen molar-refractivity contribution in [2.75, 3.05) is 33.4 Å². The number of benzene rings is 1. The Morgan fingerprint density at radius 3 is 2.68 bits per heavy atom. The van der Waals surface area contributed by atoms with Crippen LogP contribution >= 0.6 is 0 Å². The molecule has 0 bridgehead atoms. The fraction of sp³-hybridized carbons (Fsp3) is 0.600. The van der Waals surface area contributed by atoms with E-state index in [4.69, 9.17) is 9.84 Å². The van der Waals surface area contributed by atoms with E-state index in [2.05, 4.69) is 12.1 Å². The lowest BCUT2D eigenvalue weighted by Gasteiger charge is -2.19. The number of rotatable bonds is 8. The van der Waals surface area contributed by atoms with Crippen LogP contribution in [0.25, 0.3) is 0 Å². The van der Waals surface area contributed by atoms with E-state index in [-0.39, 0.29) is 6.61 Å². The first-order valence-corrected chi connectivity index (χ1v) is 6.76. The molecule has 0 amide bonds. The molecule has 0 fully saturated rings. The topological polar surface area (TPSA) is 52.9 Å². The van der Waals surface area contributed by atoms with E-state index >= 15 is 0 Å². The van der Waals surface area contributed by atoms with Crippen LogP contribution in [-0.4, -0.2) is 54.6 Å². The van der Waals surface area contributed by atoms with Crippen LogP contribution in [0.5, 0.6) is 5.75 Å². The number of likely N-dealkylation sites (N-methyl/N-ethyl adjacent to an activating group) is 1. The SMILES string of the molecule is CCOc1ccc(CCN(C)CC(O)CO)cc1C. The molecule has 4 heteroatoms. The van der Waals surface area contributed by atoms with Gasteiger partial charge in [-0.1, -0.05) is 12.1 Å². The van der Waals surface area contributed by atoms with Crippen LogP contribution in [0.1, 0.15) is 18.1 Å². The van der Waals surface area contributed by atoms with Gasteiger partial charge in [-0.25, -0.2) is 0 Å². The number of nitrogens with zero attached hydrogens (tertiary/aromatic N) is 1. The summed E-state index contributed by atoms with van der Waals surface area (Å²) >= 11 is 0. The van der Waals surface area contributed by atoms with Crippen LogP contribution in [0.4, 0.5) is 0 Å². The number of hydrogen-bond donors (Lipinski definition) is 2. The van der Waals surface area contributed by atoms with Gasteiger partial charge in [0.05, 0.1) is 19.3 Å². The first-order chi connectivity index (χ1) is 9.06. The molecule has 0 radical (unpaired) electrons. The summed E-state index contributed by atoms with van der Waals surface area (Å²) in [6, 6.07) is 6.23. The molecule has 0 heterocycles.